The van der Waals surface area contributed by atoms with E-state index in [4.69, 9.17) is 4.99 Å². The molecule has 1 atom stereocenters. The Morgan fingerprint density at radius 2 is 2.08 bits per heavy atom. The summed E-state index contributed by atoms with van der Waals surface area (Å²) in [6, 6.07) is 6.73. The lowest BCUT2D eigenvalue weighted by atomic mass is 10.1. The van der Waals surface area contributed by atoms with Gasteiger partial charge < -0.3 is 19.9 Å². The predicted octanol–water partition coefficient (Wildman–Crippen LogP) is 3.03. The van der Waals surface area contributed by atoms with Crippen LogP contribution in [0.15, 0.2) is 29.3 Å². The Balaban J connectivity index is 1.92. The Bertz CT molecular complexity index is 565. The van der Waals surface area contributed by atoms with Crippen molar-refractivity contribution in [2.24, 2.45) is 10.9 Å². The van der Waals surface area contributed by atoms with Gasteiger partial charge in [-0.15, -0.1) is 0 Å². The average Bonchev–Trinajstić information content (AvgIpc) is 3.08. The topological polar surface area (TPSA) is 40.1 Å². The molecule has 1 aromatic rings. The van der Waals surface area contributed by atoms with E-state index < -0.39 is 6.61 Å². The van der Waals surface area contributed by atoms with Gasteiger partial charge in [0.05, 0.1) is 0 Å². The van der Waals surface area contributed by atoms with Gasteiger partial charge in [0.1, 0.15) is 5.75 Å². The van der Waals surface area contributed by atoms with Crippen molar-refractivity contribution < 1.29 is 13.5 Å². The van der Waals surface area contributed by atoms with Crippen LogP contribution in [0.2, 0.25) is 0 Å². The van der Waals surface area contributed by atoms with Crippen LogP contribution in [-0.2, 0) is 6.54 Å². The Morgan fingerprint density at radius 3 is 2.65 bits per heavy atom. The minimum Gasteiger partial charge on any atom is -0.435 e. The molecule has 1 saturated heterocycles. The maximum atomic E-state index is 12.2. The monoisotopic (exact) mass is 368 g/mol. The van der Waals surface area contributed by atoms with Crippen LogP contribution in [0.25, 0.3) is 0 Å². The number of benzene rings is 1. The Kier molecular flexibility index (Phi) is 8.09. The molecule has 1 aromatic carbocycles. The number of ether oxygens (including phenoxy) is 1. The molecule has 0 spiro atoms. The largest absolute Gasteiger partial charge is 0.435 e. The molecule has 5 nitrogen and oxygen atoms in total. The van der Waals surface area contributed by atoms with Crippen molar-refractivity contribution in [3.05, 3.63) is 29.8 Å². The maximum absolute atomic E-state index is 12.2. The highest BCUT2D eigenvalue weighted by Crippen LogP contribution is 2.17. The maximum Gasteiger partial charge on any atom is 0.387 e. The number of guanidine groups is 1. The summed E-state index contributed by atoms with van der Waals surface area (Å²) in [4.78, 5) is 9.31. The van der Waals surface area contributed by atoms with Crippen LogP contribution in [0.3, 0.4) is 0 Å². The van der Waals surface area contributed by atoms with Crippen LogP contribution in [0.4, 0.5) is 8.78 Å². The zero-order valence-corrected chi connectivity index (χ0v) is 15.9. The van der Waals surface area contributed by atoms with E-state index in [1.807, 2.05) is 14.0 Å². The number of hydrogen-bond acceptors (Lipinski definition) is 3. The molecule has 0 bridgehead atoms. The third-order valence-corrected chi connectivity index (χ3v) is 4.58. The van der Waals surface area contributed by atoms with Gasteiger partial charge in [-0.2, -0.15) is 8.78 Å². The lowest BCUT2D eigenvalue weighted by Gasteiger charge is -2.23. The van der Waals surface area contributed by atoms with E-state index in [-0.39, 0.29) is 5.75 Å². The summed E-state index contributed by atoms with van der Waals surface area (Å²) < 4.78 is 28.8. The van der Waals surface area contributed by atoms with Crippen LogP contribution >= 0.6 is 0 Å². The molecule has 1 heterocycles. The second-order valence-electron chi connectivity index (χ2n) is 6.62. The molecule has 2 rings (SSSR count). The van der Waals surface area contributed by atoms with Crippen LogP contribution in [-0.4, -0.2) is 62.1 Å². The second-order valence-corrected chi connectivity index (χ2v) is 6.62. The van der Waals surface area contributed by atoms with Gasteiger partial charge >= 0.3 is 6.61 Å². The minimum atomic E-state index is -2.80. The van der Waals surface area contributed by atoms with Gasteiger partial charge in [0.15, 0.2) is 5.96 Å². The molecule has 0 aliphatic carbocycles. The standard InChI is InChI=1S/C19H30F2N4O/c1-4-22-19(23-12-16-10-11-25(5-2)14-16)24(3)13-15-6-8-17(9-7-15)26-18(20)21/h6-9,16,18H,4-5,10-14H2,1-3H3,(H,22,23). The van der Waals surface area contributed by atoms with E-state index >= 15 is 0 Å². The first-order valence-corrected chi connectivity index (χ1v) is 9.27. The fourth-order valence-electron chi connectivity index (χ4n) is 3.16. The molecule has 1 N–H and O–H groups in total. The van der Waals surface area contributed by atoms with E-state index in [0.29, 0.717) is 12.5 Å². The highest BCUT2D eigenvalue weighted by atomic mass is 19.3. The highest BCUT2D eigenvalue weighted by molar-refractivity contribution is 5.79. The Morgan fingerprint density at radius 1 is 1.35 bits per heavy atom. The number of nitrogens with zero attached hydrogens (tertiary/aromatic N) is 3. The second kappa shape index (κ2) is 10.3. The van der Waals surface area contributed by atoms with Gasteiger partial charge in [-0.05, 0) is 50.0 Å². The Hall–Kier alpha value is -1.89. The van der Waals surface area contributed by atoms with Crippen molar-refractivity contribution in [2.45, 2.75) is 33.4 Å². The third-order valence-electron chi connectivity index (χ3n) is 4.58. The summed E-state index contributed by atoms with van der Waals surface area (Å²) in [5.74, 6) is 1.66. The predicted molar refractivity (Wildman–Crippen MR) is 101 cm³/mol. The van der Waals surface area contributed by atoms with Crippen molar-refractivity contribution in [2.75, 3.05) is 39.8 Å². The molecular formula is C19H30F2N4O. The highest BCUT2D eigenvalue weighted by Gasteiger charge is 2.21. The molecule has 1 unspecified atom stereocenters. The summed E-state index contributed by atoms with van der Waals surface area (Å²) in [6.07, 6.45) is 1.20. The molecule has 0 saturated carbocycles. The average molecular weight is 368 g/mol. The smallest absolute Gasteiger partial charge is 0.387 e. The summed E-state index contributed by atoms with van der Waals surface area (Å²) in [6.45, 7) is 7.11. The minimum absolute atomic E-state index is 0.175. The lowest BCUT2D eigenvalue weighted by molar-refractivity contribution is -0.0498. The van der Waals surface area contributed by atoms with Crippen LogP contribution in [0, 0.1) is 5.92 Å². The van der Waals surface area contributed by atoms with E-state index in [1.165, 1.54) is 6.42 Å². The number of likely N-dealkylation sites (tertiary alicyclic amines) is 1. The van der Waals surface area contributed by atoms with Crippen LogP contribution < -0.4 is 10.1 Å². The van der Waals surface area contributed by atoms with E-state index in [2.05, 4.69) is 26.8 Å². The zero-order chi connectivity index (χ0) is 18.9. The van der Waals surface area contributed by atoms with Crippen molar-refractivity contribution in [1.82, 2.24) is 15.1 Å². The molecule has 7 heteroatoms. The lowest BCUT2D eigenvalue weighted by Crippen LogP contribution is -2.39. The van der Waals surface area contributed by atoms with Crippen molar-refractivity contribution in [3.63, 3.8) is 0 Å². The normalized spacial score (nSPS) is 18.4. The number of halogens is 2. The quantitative estimate of drug-likeness (QED) is 0.566. The first-order chi connectivity index (χ1) is 12.5. The van der Waals surface area contributed by atoms with E-state index in [0.717, 1.165) is 44.2 Å². The molecule has 1 fully saturated rings. The van der Waals surface area contributed by atoms with Gasteiger partial charge in [-0.1, -0.05) is 19.1 Å². The van der Waals surface area contributed by atoms with E-state index in [9.17, 15) is 8.78 Å². The molecule has 146 valence electrons. The fourth-order valence-corrected chi connectivity index (χ4v) is 3.16. The zero-order valence-electron chi connectivity index (χ0n) is 15.9. The summed E-state index contributed by atoms with van der Waals surface area (Å²) in [5, 5.41) is 3.33. The van der Waals surface area contributed by atoms with Gasteiger partial charge in [-0.3, -0.25) is 4.99 Å². The van der Waals surface area contributed by atoms with Crippen molar-refractivity contribution >= 4 is 5.96 Å². The van der Waals surface area contributed by atoms with Gasteiger partial charge in [-0.25, -0.2) is 0 Å². The number of nitrogens with one attached hydrogen (secondary N) is 1. The molecule has 26 heavy (non-hydrogen) atoms. The number of hydrogen-bond donors (Lipinski definition) is 1. The Labute approximate surface area is 155 Å². The molecule has 0 radical (unpaired) electrons. The summed E-state index contributed by atoms with van der Waals surface area (Å²) >= 11 is 0. The fraction of sp³-hybridized carbons (Fsp3) is 0.632. The van der Waals surface area contributed by atoms with Crippen LogP contribution in [0.5, 0.6) is 5.75 Å². The van der Waals surface area contributed by atoms with E-state index in [1.54, 1.807) is 24.3 Å². The summed E-state index contributed by atoms with van der Waals surface area (Å²) in [7, 11) is 1.98. The molecule has 0 amide bonds. The third kappa shape index (κ3) is 6.44. The summed E-state index contributed by atoms with van der Waals surface area (Å²) in [5.41, 5.74) is 1.01. The first-order valence-electron chi connectivity index (χ1n) is 9.27. The number of alkyl halides is 2. The van der Waals surface area contributed by atoms with Crippen LogP contribution in [0.1, 0.15) is 25.8 Å². The van der Waals surface area contributed by atoms with Crippen molar-refractivity contribution in [1.29, 1.82) is 0 Å². The first kappa shape index (κ1) is 20.4. The molecular weight excluding hydrogens is 338 g/mol. The number of rotatable bonds is 8. The molecule has 1 aliphatic heterocycles. The van der Waals surface area contributed by atoms with Gasteiger partial charge in [0.25, 0.3) is 0 Å². The SMILES string of the molecule is CCNC(=NCC1CCN(CC)C1)N(C)Cc1ccc(OC(F)F)cc1. The van der Waals surface area contributed by atoms with Gasteiger partial charge in [0.2, 0.25) is 0 Å². The van der Waals surface area contributed by atoms with Gasteiger partial charge in [0, 0.05) is 33.2 Å². The molecule has 1 aliphatic rings. The molecule has 0 aromatic heterocycles. The van der Waals surface area contributed by atoms with Crippen molar-refractivity contribution in [3.8, 4) is 5.75 Å². The number of aliphatic imine (C=N–C) groups is 1.